The summed E-state index contributed by atoms with van der Waals surface area (Å²) in [6.45, 7) is 8.88. The Kier molecular flexibility index (Phi) is 11.2. The van der Waals surface area contributed by atoms with E-state index in [4.69, 9.17) is 13.7 Å². The van der Waals surface area contributed by atoms with E-state index < -0.39 is 27.4 Å². The molecule has 0 unspecified atom stereocenters. The molecule has 0 aliphatic rings. The first-order valence-corrected chi connectivity index (χ1v) is 11.0. The van der Waals surface area contributed by atoms with Gasteiger partial charge in [0.25, 0.3) is 0 Å². The minimum atomic E-state index is -3.93. The second-order valence-electron chi connectivity index (χ2n) is 8.32. The first kappa shape index (κ1) is 26.8. The Hall–Kier alpha value is -1.19. The molecule has 1 N–H and O–H groups in total. The van der Waals surface area contributed by atoms with Crippen LogP contribution in [0.1, 0.15) is 79.6 Å². The highest BCUT2D eigenvalue weighted by Crippen LogP contribution is 2.40. The van der Waals surface area contributed by atoms with Gasteiger partial charge in [0, 0.05) is 18.4 Å². The third-order valence-electron chi connectivity index (χ3n) is 4.40. The van der Waals surface area contributed by atoms with Crippen molar-refractivity contribution in [2.24, 2.45) is 5.41 Å². The van der Waals surface area contributed by atoms with Gasteiger partial charge in [-0.3, -0.25) is 13.8 Å². The summed E-state index contributed by atoms with van der Waals surface area (Å²) in [6.07, 6.45) is 2.65. The maximum absolute atomic E-state index is 12.2. The van der Waals surface area contributed by atoms with Crippen molar-refractivity contribution < 1.29 is 31.7 Å². The quantitative estimate of drug-likeness (QED) is 0.453. The molecule has 0 aromatic heterocycles. The van der Waals surface area contributed by atoms with E-state index in [-0.39, 0.29) is 24.8 Å². The lowest BCUT2D eigenvalue weighted by Gasteiger charge is -2.36. The van der Waals surface area contributed by atoms with Crippen LogP contribution in [0.25, 0.3) is 0 Å². The van der Waals surface area contributed by atoms with Crippen molar-refractivity contribution in [1.82, 2.24) is 4.72 Å². The molecule has 0 spiro atoms. The molecule has 166 valence electrons. The van der Waals surface area contributed by atoms with Crippen LogP contribution in [0, 0.1) is 5.41 Å². The van der Waals surface area contributed by atoms with Gasteiger partial charge in [-0.2, -0.15) is 13.1 Å². The van der Waals surface area contributed by atoms with Crippen LogP contribution in [0.3, 0.4) is 0 Å². The summed E-state index contributed by atoms with van der Waals surface area (Å²) in [6, 6.07) is 0. The molecule has 0 radical (unpaired) electrons. The molecule has 8 nitrogen and oxygen atoms in total. The third kappa shape index (κ3) is 11.6. The van der Waals surface area contributed by atoms with Crippen LogP contribution in [0.5, 0.6) is 0 Å². The number of rotatable bonds is 13. The van der Waals surface area contributed by atoms with E-state index in [1.54, 1.807) is 27.7 Å². The van der Waals surface area contributed by atoms with Crippen molar-refractivity contribution in [2.75, 3.05) is 14.2 Å². The highest BCUT2D eigenvalue weighted by molar-refractivity contribution is 7.84. The van der Waals surface area contributed by atoms with E-state index in [1.165, 1.54) is 14.2 Å². The van der Waals surface area contributed by atoms with E-state index in [9.17, 15) is 18.0 Å². The fraction of sp³-hybridized carbons (Fsp3) is 0.895. The SMILES string of the molecule is CCCC(CCC(=O)OC)(CCC(=O)OC)C[C@H](C)OS(=O)(=O)NC(C)(C)C. The zero-order chi connectivity index (χ0) is 22.0. The molecule has 0 aliphatic heterocycles. The van der Waals surface area contributed by atoms with Crippen LogP contribution in [0.2, 0.25) is 0 Å². The Morgan fingerprint density at radius 1 is 0.964 bits per heavy atom. The van der Waals surface area contributed by atoms with E-state index >= 15 is 0 Å². The average molecular weight is 424 g/mol. The Morgan fingerprint density at radius 2 is 1.43 bits per heavy atom. The van der Waals surface area contributed by atoms with Gasteiger partial charge < -0.3 is 9.47 Å². The molecule has 0 rings (SSSR count). The molecule has 0 aliphatic carbocycles. The van der Waals surface area contributed by atoms with Gasteiger partial charge in [0.1, 0.15) is 0 Å². The van der Waals surface area contributed by atoms with E-state index in [1.807, 2.05) is 6.92 Å². The smallest absolute Gasteiger partial charge is 0.336 e. The summed E-state index contributed by atoms with van der Waals surface area (Å²) < 4.78 is 41.7. The number of esters is 2. The molecule has 0 bridgehead atoms. The number of ether oxygens (including phenoxy) is 2. The van der Waals surface area contributed by atoms with Crippen molar-refractivity contribution in [1.29, 1.82) is 0 Å². The lowest BCUT2D eigenvalue weighted by atomic mass is 9.71. The number of hydrogen-bond acceptors (Lipinski definition) is 7. The van der Waals surface area contributed by atoms with Crippen LogP contribution in [-0.4, -0.2) is 46.2 Å². The molecule has 0 heterocycles. The summed E-state index contributed by atoms with van der Waals surface area (Å²) in [5.41, 5.74) is -1.09. The molecule has 0 amide bonds. The fourth-order valence-electron chi connectivity index (χ4n) is 3.41. The van der Waals surface area contributed by atoms with Crippen molar-refractivity contribution in [3.05, 3.63) is 0 Å². The van der Waals surface area contributed by atoms with Crippen molar-refractivity contribution in [2.45, 2.75) is 91.2 Å². The molecule has 0 saturated heterocycles. The van der Waals surface area contributed by atoms with Gasteiger partial charge in [-0.05, 0) is 58.8 Å². The topological polar surface area (TPSA) is 108 Å². The number of carbonyl (C=O) groups is 2. The summed E-state index contributed by atoms with van der Waals surface area (Å²) in [5, 5.41) is 0. The van der Waals surface area contributed by atoms with Crippen LogP contribution in [0.15, 0.2) is 0 Å². The summed E-state index contributed by atoms with van der Waals surface area (Å²) >= 11 is 0. The average Bonchev–Trinajstić information content (AvgIpc) is 2.54. The zero-order valence-electron chi connectivity index (χ0n) is 18.3. The minimum Gasteiger partial charge on any atom is -0.469 e. The van der Waals surface area contributed by atoms with Crippen LogP contribution >= 0.6 is 0 Å². The maximum atomic E-state index is 12.2. The fourth-order valence-corrected chi connectivity index (χ4v) is 4.71. The minimum absolute atomic E-state index is 0.192. The van der Waals surface area contributed by atoms with Gasteiger partial charge in [0.05, 0.1) is 20.3 Å². The first-order valence-electron chi connectivity index (χ1n) is 9.64. The normalized spacial score (nSPS) is 13.8. The second kappa shape index (κ2) is 11.7. The monoisotopic (exact) mass is 423 g/mol. The molecule has 0 aromatic carbocycles. The molecule has 28 heavy (non-hydrogen) atoms. The Labute approximate surface area is 169 Å². The number of nitrogens with one attached hydrogen (secondary N) is 1. The van der Waals surface area contributed by atoms with Gasteiger partial charge in [-0.1, -0.05) is 13.3 Å². The first-order chi connectivity index (χ1) is 12.8. The van der Waals surface area contributed by atoms with E-state index in [0.717, 1.165) is 12.8 Å². The predicted molar refractivity (Wildman–Crippen MR) is 107 cm³/mol. The van der Waals surface area contributed by atoms with Gasteiger partial charge in [-0.15, -0.1) is 0 Å². The molecular weight excluding hydrogens is 386 g/mol. The van der Waals surface area contributed by atoms with E-state index in [2.05, 4.69) is 4.72 Å². The lowest BCUT2D eigenvalue weighted by molar-refractivity contribution is -0.142. The van der Waals surface area contributed by atoms with Crippen molar-refractivity contribution in [3.63, 3.8) is 0 Å². The number of methoxy groups -OCH3 is 2. The summed E-state index contributed by atoms with van der Waals surface area (Å²) in [5.74, 6) is -0.678. The van der Waals surface area contributed by atoms with E-state index in [0.29, 0.717) is 19.3 Å². The van der Waals surface area contributed by atoms with Crippen molar-refractivity contribution >= 4 is 22.2 Å². The Balaban J connectivity index is 5.38. The second-order valence-corrected chi connectivity index (χ2v) is 9.62. The van der Waals surface area contributed by atoms with Gasteiger partial charge in [0.2, 0.25) is 0 Å². The highest BCUT2D eigenvalue weighted by atomic mass is 32.2. The predicted octanol–water partition coefficient (Wildman–Crippen LogP) is 3.11. The van der Waals surface area contributed by atoms with Gasteiger partial charge >= 0.3 is 22.2 Å². The molecule has 0 aromatic rings. The Morgan fingerprint density at radius 3 is 1.79 bits per heavy atom. The highest BCUT2D eigenvalue weighted by Gasteiger charge is 2.34. The molecule has 9 heteroatoms. The summed E-state index contributed by atoms with van der Waals surface area (Å²) in [7, 11) is -1.27. The van der Waals surface area contributed by atoms with Gasteiger partial charge in [-0.25, -0.2) is 0 Å². The van der Waals surface area contributed by atoms with Crippen LogP contribution in [0.4, 0.5) is 0 Å². The Bertz CT molecular complexity index is 576. The van der Waals surface area contributed by atoms with Crippen molar-refractivity contribution in [3.8, 4) is 0 Å². The zero-order valence-corrected chi connectivity index (χ0v) is 19.1. The molecule has 0 saturated carbocycles. The summed E-state index contributed by atoms with van der Waals surface area (Å²) in [4.78, 5) is 23.4. The third-order valence-corrected chi connectivity index (χ3v) is 5.84. The maximum Gasteiger partial charge on any atom is 0.336 e. The lowest BCUT2D eigenvalue weighted by Crippen LogP contribution is -2.43. The molecule has 0 fully saturated rings. The molecule has 1 atom stereocenters. The molecular formula is C19H37NO7S. The van der Waals surface area contributed by atoms with Crippen LogP contribution < -0.4 is 4.72 Å². The van der Waals surface area contributed by atoms with Crippen LogP contribution in [-0.2, 0) is 33.6 Å². The largest absolute Gasteiger partial charge is 0.469 e. The number of carbonyl (C=O) groups excluding carboxylic acids is 2. The standard InChI is InChI=1S/C19H37NO7S/c1-8-11-19(12-9-16(21)25-6,13-10-17(22)26-7)14-15(2)27-28(23,24)20-18(3,4)5/h15,20H,8-14H2,1-7H3/t15-/m0/s1. The van der Waals surface area contributed by atoms with Gasteiger partial charge in [0.15, 0.2) is 0 Å². The number of hydrogen-bond donors (Lipinski definition) is 1.